The van der Waals surface area contributed by atoms with Crippen molar-refractivity contribution in [3.8, 4) is 0 Å². The molecule has 2 nitrogen and oxygen atoms in total. The normalized spacial score (nSPS) is 49.1. The number of allylic oxidation sites excluding steroid dienone is 2. The number of fused-ring (bicyclic) bond motifs is 5. The molecule has 0 aliphatic heterocycles. The summed E-state index contributed by atoms with van der Waals surface area (Å²) in [6.07, 6.45) is 12.4. The van der Waals surface area contributed by atoms with Crippen molar-refractivity contribution in [3.05, 3.63) is 11.6 Å². The molecule has 0 aromatic heterocycles. The summed E-state index contributed by atoms with van der Waals surface area (Å²) in [5.74, 6) is 2.13. The van der Waals surface area contributed by atoms with Gasteiger partial charge in [0.05, 0.1) is 12.2 Å². The van der Waals surface area contributed by atoms with Crippen molar-refractivity contribution >= 4 is 0 Å². The SMILES string of the molecule is CC(C)=CCCC(C)(C)C1CC[C@]2(C)C1C(O)CC1C3(C)CCC(O)C(C)(C)C3CCC12C. The van der Waals surface area contributed by atoms with E-state index in [1.165, 1.54) is 37.7 Å². The van der Waals surface area contributed by atoms with E-state index in [1.807, 2.05) is 0 Å². The van der Waals surface area contributed by atoms with Crippen LogP contribution < -0.4 is 0 Å². The predicted octanol–water partition coefficient (Wildman–Crippen LogP) is 7.78. The predicted molar refractivity (Wildman–Crippen MR) is 139 cm³/mol. The Morgan fingerprint density at radius 2 is 1.52 bits per heavy atom. The number of hydrogen-bond donors (Lipinski definition) is 2. The van der Waals surface area contributed by atoms with Crippen LogP contribution in [-0.2, 0) is 0 Å². The van der Waals surface area contributed by atoms with Crippen molar-refractivity contribution in [1.82, 2.24) is 0 Å². The summed E-state index contributed by atoms with van der Waals surface area (Å²) in [7, 11) is 0. The molecule has 8 unspecified atom stereocenters. The summed E-state index contributed by atoms with van der Waals surface area (Å²) in [4.78, 5) is 0. The third-order valence-electron chi connectivity index (χ3n) is 12.7. The van der Waals surface area contributed by atoms with Crippen molar-refractivity contribution in [2.24, 2.45) is 50.7 Å². The summed E-state index contributed by atoms with van der Waals surface area (Å²) in [5, 5.41) is 22.8. The standard InChI is InChI=1S/C31H54O2/c1-20(2)11-10-15-27(3,4)21-12-17-31(9)26(21)22(32)19-24-29(7)16-14-25(33)28(5,6)23(29)13-18-30(24,31)8/h11,21-26,32-33H,10,12-19H2,1-9H3/t21?,22?,23?,24?,25?,26?,29?,30?,31-/m1/s1. The highest BCUT2D eigenvalue weighted by molar-refractivity contribution is 5.19. The Kier molecular flexibility index (Phi) is 6.31. The molecule has 4 aliphatic carbocycles. The monoisotopic (exact) mass is 458 g/mol. The van der Waals surface area contributed by atoms with Crippen LogP contribution in [0.25, 0.3) is 0 Å². The van der Waals surface area contributed by atoms with Crippen LogP contribution in [0, 0.1) is 50.7 Å². The van der Waals surface area contributed by atoms with Gasteiger partial charge in [-0.1, -0.05) is 60.1 Å². The molecule has 4 fully saturated rings. The van der Waals surface area contributed by atoms with Gasteiger partial charge in [0.25, 0.3) is 0 Å². The number of rotatable bonds is 4. The molecule has 2 heteroatoms. The first-order valence-corrected chi connectivity index (χ1v) is 14.1. The number of aliphatic hydroxyl groups is 2. The van der Waals surface area contributed by atoms with Crippen molar-refractivity contribution in [2.75, 3.05) is 0 Å². The van der Waals surface area contributed by atoms with Gasteiger partial charge in [0.15, 0.2) is 0 Å². The van der Waals surface area contributed by atoms with E-state index in [0.717, 1.165) is 25.7 Å². The molecular formula is C31H54O2. The van der Waals surface area contributed by atoms with Crippen LogP contribution in [0.5, 0.6) is 0 Å². The van der Waals surface area contributed by atoms with Crippen molar-refractivity contribution < 1.29 is 10.2 Å². The Balaban J connectivity index is 1.66. The minimum Gasteiger partial charge on any atom is -0.393 e. The first kappa shape index (κ1) is 25.7. The average Bonchev–Trinajstić information content (AvgIpc) is 3.08. The Morgan fingerprint density at radius 3 is 2.15 bits per heavy atom. The van der Waals surface area contributed by atoms with Crippen LogP contribution in [0.2, 0.25) is 0 Å². The van der Waals surface area contributed by atoms with Gasteiger partial charge in [0.1, 0.15) is 0 Å². The van der Waals surface area contributed by atoms with Crippen molar-refractivity contribution in [3.63, 3.8) is 0 Å². The van der Waals surface area contributed by atoms with Gasteiger partial charge in [-0.2, -0.15) is 0 Å². The summed E-state index contributed by atoms with van der Waals surface area (Å²) < 4.78 is 0. The van der Waals surface area contributed by atoms with Crippen LogP contribution in [-0.4, -0.2) is 22.4 Å². The summed E-state index contributed by atoms with van der Waals surface area (Å²) in [5.41, 5.74) is 2.37. The van der Waals surface area contributed by atoms with Crippen LogP contribution in [0.4, 0.5) is 0 Å². The second-order valence-electron chi connectivity index (χ2n) is 15.1. The lowest BCUT2D eigenvalue weighted by Crippen LogP contribution is -2.66. The highest BCUT2D eigenvalue weighted by Gasteiger charge is 2.70. The number of aliphatic hydroxyl groups excluding tert-OH is 2. The Morgan fingerprint density at radius 1 is 0.879 bits per heavy atom. The van der Waals surface area contributed by atoms with Crippen LogP contribution in [0.15, 0.2) is 11.6 Å². The molecule has 33 heavy (non-hydrogen) atoms. The summed E-state index contributed by atoms with van der Waals surface area (Å²) in [6.45, 7) is 21.7. The maximum atomic E-state index is 11.9. The maximum absolute atomic E-state index is 11.9. The molecule has 2 N–H and O–H groups in total. The van der Waals surface area contributed by atoms with Gasteiger partial charge >= 0.3 is 0 Å². The van der Waals surface area contributed by atoms with Gasteiger partial charge in [0.2, 0.25) is 0 Å². The Bertz CT molecular complexity index is 776. The van der Waals surface area contributed by atoms with Gasteiger partial charge in [-0.3, -0.25) is 0 Å². The highest BCUT2D eigenvalue weighted by Crippen LogP contribution is 2.76. The molecule has 0 spiro atoms. The van der Waals surface area contributed by atoms with E-state index in [9.17, 15) is 10.2 Å². The lowest BCUT2D eigenvalue weighted by Gasteiger charge is -2.70. The van der Waals surface area contributed by atoms with Crippen molar-refractivity contribution in [1.29, 1.82) is 0 Å². The van der Waals surface area contributed by atoms with Crippen molar-refractivity contribution in [2.45, 2.75) is 132 Å². The molecule has 0 heterocycles. The fourth-order valence-corrected chi connectivity index (χ4v) is 10.5. The fraction of sp³-hybridized carbons (Fsp3) is 0.935. The van der Waals surface area contributed by atoms with E-state index in [-0.39, 0.29) is 39.3 Å². The van der Waals surface area contributed by atoms with Gasteiger partial charge in [-0.25, -0.2) is 0 Å². The van der Waals surface area contributed by atoms with Gasteiger partial charge < -0.3 is 10.2 Å². The molecule has 0 saturated heterocycles. The summed E-state index contributed by atoms with van der Waals surface area (Å²) >= 11 is 0. The van der Waals surface area contributed by atoms with E-state index >= 15 is 0 Å². The fourth-order valence-electron chi connectivity index (χ4n) is 10.5. The second-order valence-corrected chi connectivity index (χ2v) is 15.1. The second kappa shape index (κ2) is 8.09. The quantitative estimate of drug-likeness (QED) is 0.422. The molecule has 4 rings (SSSR count). The molecule has 0 amide bonds. The van der Waals surface area contributed by atoms with E-state index in [4.69, 9.17) is 0 Å². The topological polar surface area (TPSA) is 40.5 Å². The average molecular weight is 459 g/mol. The van der Waals surface area contributed by atoms with E-state index in [1.54, 1.807) is 0 Å². The smallest absolute Gasteiger partial charge is 0.0594 e. The third-order valence-corrected chi connectivity index (χ3v) is 12.7. The lowest BCUT2D eigenvalue weighted by atomic mass is 9.35. The van der Waals surface area contributed by atoms with Crippen LogP contribution in [0.1, 0.15) is 120 Å². The first-order valence-electron chi connectivity index (χ1n) is 14.1. The largest absolute Gasteiger partial charge is 0.393 e. The van der Waals surface area contributed by atoms with Gasteiger partial charge in [-0.05, 0) is 122 Å². The highest BCUT2D eigenvalue weighted by atomic mass is 16.3. The molecule has 4 saturated carbocycles. The van der Waals surface area contributed by atoms with Crippen LogP contribution >= 0.6 is 0 Å². The van der Waals surface area contributed by atoms with E-state index in [2.05, 4.69) is 68.4 Å². The first-order chi connectivity index (χ1) is 15.1. The molecule has 0 aromatic rings. The maximum Gasteiger partial charge on any atom is 0.0594 e. The zero-order valence-corrected chi connectivity index (χ0v) is 23.3. The van der Waals surface area contributed by atoms with Crippen LogP contribution in [0.3, 0.4) is 0 Å². The van der Waals surface area contributed by atoms with E-state index in [0.29, 0.717) is 23.7 Å². The molecular weight excluding hydrogens is 404 g/mol. The molecule has 9 atom stereocenters. The summed E-state index contributed by atoms with van der Waals surface area (Å²) in [6, 6.07) is 0. The molecule has 4 aliphatic rings. The Hall–Kier alpha value is -0.340. The zero-order valence-electron chi connectivity index (χ0n) is 23.3. The Labute approximate surface area is 205 Å². The van der Waals surface area contributed by atoms with E-state index < -0.39 is 0 Å². The van der Waals surface area contributed by atoms with Gasteiger partial charge in [-0.15, -0.1) is 0 Å². The number of hydrogen-bond acceptors (Lipinski definition) is 2. The van der Waals surface area contributed by atoms with Gasteiger partial charge in [0, 0.05) is 0 Å². The lowest BCUT2D eigenvalue weighted by molar-refractivity contribution is -0.244. The zero-order chi connectivity index (χ0) is 24.6. The molecule has 0 aromatic carbocycles. The minimum absolute atomic E-state index is 0.0256. The minimum atomic E-state index is -0.186. The molecule has 0 bridgehead atoms. The molecule has 0 radical (unpaired) electrons. The molecule has 190 valence electrons. The third kappa shape index (κ3) is 3.62.